The van der Waals surface area contributed by atoms with Crippen molar-refractivity contribution in [3.8, 4) is 16.9 Å². The molecule has 33 heavy (non-hydrogen) atoms. The molecule has 0 atom stereocenters. The van der Waals surface area contributed by atoms with E-state index in [1.807, 2.05) is 65.7 Å². The minimum atomic E-state index is -0.248. The molecule has 0 radical (unpaired) electrons. The molecule has 3 aromatic rings. The lowest BCUT2D eigenvalue weighted by molar-refractivity contribution is 0.102. The van der Waals surface area contributed by atoms with Crippen molar-refractivity contribution in [3.63, 3.8) is 0 Å². The Kier molecular flexibility index (Phi) is 7.24. The van der Waals surface area contributed by atoms with Gasteiger partial charge in [-0.15, -0.1) is 11.3 Å². The van der Waals surface area contributed by atoms with Crippen LogP contribution in [0.25, 0.3) is 11.1 Å². The van der Waals surface area contributed by atoms with E-state index in [0.717, 1.165) is 29.0 Å². The van der Waals surface area contributed by atoms with E-state index in [0.29, 0.717) is 36.8 Å². The quantitative estimate of drug-likeness (QED) is 0.539. The zero-order valence-electron chi connectivity index (χ0n) is 18.8. The van der Waals surface area contributed by atoms with Crippen molar-refractivity contribution >= 4 is 29.0 Å². The number of hydrogen-bond donors (Lipinski definition) is 2. The molecule has 0 unspecified atom stereocenters. The number of likely N-dealkylation sites (tertiary alicyclic amines) is 1. The Bertz CT molecular complexity index is 1110. The molecule has 0 aliphatic carbocycles. The highest BCUT2D eigenvalue weighted by Crippen LogP contribution is 2.33. The van der Waals surface area contributed by atoms with Crippen LogP contribution >= 0.6 is 11.3 Å². The van der Waals surface area contributed by atoms with Gasteiger partial charge in [-0.05, 0) is 37.5 Å². The summed E-state index contributed by atoms with van der Waals surface area (Å²) < 4.78 is 5.36. The van der Waals surface area contributed by atoms with Crippen molar-refractivity contribution in [2.45, 2.75) is 25.7 Å². The molecule has 7 nitrogen and oxygen atoms in total. The third-order valence-corrected chi connectivity index (χ3v) is 6.78. The molecular formula is C25H28N4O3S. The van der Waals surface area contributed by atoms with E-state index in [1.54, 1.807) is 7.11 Å². The minimum absolute atomic E-state index is 0.0114. The fraction of sp³-hybridized carbons (Fsp3) is 0.320. The van der Waals surface area contributed by atoms with Gasteiger partial charge >= 0.3 is 6.03 Å². The number of amides is 3. The SMILES string of the molecule is CCNC(=O)N1CCC(c2nc(C(=O)Nc3cc(OC)ccc3-c3ccccc3)cs2)CC1. The number of methoxy groups -OCH3 is 1. The number of ether oxygens (including phenoxy) is 1. The molecule has 2 heterocycles. The number of rotatable bonds is 6. The number of thiazole rings is 1. The Morgan fingerprint density at radius 2 is 1.91 bits per heavy atom. The zero-order chi connectivity index (χ0) is 23.2. The van der Waals surface area contributed by atoms with Gasteiger partial charge in [-0.3, -0.25) is 4.79 Å². The normalized spacial score (nSPS) is 14.1. The molecule has 4 rings (SSSR count). The fourth-order valence-corrected chi connectivity index (χ4v) is 4.95. The summed E-state index contributed by atoms with van der Waals surface area (Å²) >= 11 is 1.51. The molecule has 1 aliphatic heterocycles. The molecule has 1 saturated heterocycles. The second-order valence-corrected chi connectivity index (χ2v) is 8.79. The standard InChI is InChI=1S/C25H28N4O3S/c1-3-26-25(31)29-13-11-18(12-14-29)24-28-22(16-33-24)23(30)27-21-15-19(32-2)9-10-20(21)17-7-5-4-6-8-17/h4-10,15-16,18H,3,11-14H2,1-2H3,(H,26,31)(H,27,30). The molecule has 1 aromatic heterocycles. The van der Waals surface area contributed by atoms with Crippen LogP contribution in [-0.4, -0.2) is 48.6 Å². The van der Waals surface area contributed by atoms with Crippen LogP contribution in [0.15, 0.2) is 53.9 Å². The van der Waals surface area contributed by atoms with E-state index in [1.165, 1.54) is 11.3 Å². The number of aromatic nitrogens is 1. The number of carbonyl (C=O) groups excluding carboxylic acids is 2. The number of anilines is 1. The monoisotopic (exact) mass is 464 g/mol. The molecule has 3 amide bonds. The summed E-state index contributed by atoms with van der Waals surface area (Å²) in [5.74, 6) is 0.685. The van der Waals surface area contributed by atoms with Crippen molar-refractivity contribution in [1.82, 2.24) is 15.2 Å². The first-order valence-electron chi connectivity index (χ1n) is 11.1. The summed E-state index contributed by atoms with van der Waals surface area (Å²) in [5.41, 5.74) is 3.00. The van der Waals surface area contributed by atoms with Crippen LogP contribution in [0.1, 0.15) is 41.2 Å². The average Bonchev–Trinajstić information content (AvgIpc) is 3.35. The van der Waals surface area contributed by atoms with E-state index in [-0.39, 0.29) is 17.9 Å². The van der Waals surface area contributed by atoms with Gasteiger partial charge in [0.15, 0.2) is 0 Å². The van der Waals surface area contributed by atoms with Gasteiger partial charge in [0.25, 0.3) is 5.91 Å². The van der Waals surface area contributed by atoms with Crippen molar-refractivity contribution in [2.24, 2.45) is 0 Å². The molecule has 2 N–H and O–H groups in total. The predicted octanol–water partition coefficient (Wildman–Crippen LogP) is 4.98. The molecule has 1 aliphatic rings. The van der Waals surface area contributed by atoms with Crippen LogP contribution in [0.3, 0.4) is 0 Å². The van der Waals surface area contributed by atoms with Crippen LogP contribution in [0, 0.1) is 0 Å². The summed E-state index contributed by atoms with van der Waals surface area (Å²) in [6, 6.07) is 15.5. The summed E-state index contributed by atoms with van der Waals surface area (Å²) in [6.45, 7) is 3.94. The second-order valence-electron chi connectivity index (χ2n) is 7.90. The number of nitrogens with one attached hydrogen (secondary N) is 2. The van der Waals surface area contributed by atoms with Crippen molar-refractivity contribution in [1.29, 1.82) is 0 Å². The highest BCUT2D eigenvalue weighted by molar-refractivity contribution is 7.10. The van der Waals surface area contributed by atoms with Crippen LogP contribution < -0.4 is 15.4 Å². The largest absolute Gasteiger partial charge is 0.497 e. The van der Waals surface area contributed by atoms with Crippen molar-refractivity contribution in [2.75, 3.05) is 32.1 Å². The Labute approximate surface area is 197 Å². The molecule has 2 aromatic carbocycles. The van der Waals surface area contributed by atoms with Gasteiger partial charge in [0, 0.05) is 42.6 Å². The van der Waals surface area contributed by atoms with E-state index < -0.39 is 0 Å². The van der Waals surface area contributed by atoms with Crippen LogP contribution in [0.4, 0.5) is 10.5 Å². The Balaban J connectivity index is 1.46. The Morgan fingerprint density at radius 1 is 1.15 bits per heavy atom. The summed E-state index contributed by atoms with van der Waals surface area (Å²) in [7, 11) is 1.60. The lowest BCUT2D eigenvalue weighted by Gasteiger charge is -2.31. The molecule has 0 spiro atoms. The van der Waals surface area contributed by atoms with E-state index >= 15 is 0 Å². The zero-order valence-corrected chi connectivity index (χ0v) is 19.7. The second kappa shape index (κ2) is 10.5. The molecule has 1 fully saturated rings. The first kappa shape index (κ1) is 22.8. The van der Waals surface area contributed by atoms with Gasteiger partial charge in [-0.1, -0.05) is 30.3 Å². The highest BCUT2D eigenvalue weighted by Gasteiger charge is 2.26. The molecular weight excluding hydrogens is 436 g/mol. The van der Waals surface area contributed by atoms with Gasteiger partial charge < -0.3 is 20.3 Å². The third kappa shape index (κ3) is 5.34. The van der Waals surface area contributed by atoms with E-state index in [4.69, 9.17) is 4.74 Å². The third-order valence-electron chi connectivity index (χ3n) is 5.77. The van der Waals surface area contributed by atoms with Gasteiger partial charge in [0.05, 0.1) is 17.8 Å². The summed E-state index contributed by atoms with van der Waals surface area (Å²) in [5, 5.41) is 8.62. The van der Waals surface area contributed by atoms with Gasteiger partial charge in [-0.2, -0.15) is 0 Å². The molecule has 0 bridgehead atoms. The molecule has 8 heteroatoms. The van der Waals surface area contributed by atoms with Gasteiger partial charge in [0.1, 0.15) is 11.4 Å². The lowest BCUT2D eigenvalue weighted by Crippen LogP contribution is -2.44. The number of carbonyl (C=O) groups is 2. The van der Waals surface area contributed by atoms with E-state index in [9.17, 15) is 9.59 Å². The van der Waals surface area contributed by atoms with Crippen LogP contribution in [-0.2, 0) is 0 Å². The number of hydrogen-bond acceptors (Lipinski definition) is 5. The average molecular weight is 465 g/mol. The fourth-order valence-electron chi connectivity index (χ4n) is 3.98. The lowest BCUT2D eigenvalue weighted by atomic mass is 9.98. The van der Waals surface area contributed by atoms with Crippen LogP contribution in [0.2, 0.25) is 0 Å². The number of benzene rings is 2. The Hall–Kier alpha value is -3.39. The van der Waals surface area contributed by atoms with Crippen molar-refractivity contribution in [3.05, 3.63) is 64.6 Å². The first-order valence-corrected chi connectivity index (χ1v) is 12.0. The smallest absolute Gasteiger partial charge is 0.317 e. The maximum Gasteiger partial charge on any atom is 0.317 e. The molecule has 172 valence electrons. The number of piperidine rings is 1. The summed E-state index contributed by atoms with van der Waals surface area (Å²) in [6.07, 6.45) is 1.69. The Morgan fingerprint density at radius 3 is 2.61 bits per heavy atom. The maximum atomic E-state index is 13.0. The topological polar surface area (TPSA) is 83.6 Å². The summed E-state index contributed by atoms with van der Waals surface area (Å²) in [4.78, 5) is 31.5. The molecule has 0 saturated carbocycles. The predicted molar refractivity (Wildman–Crippen MR) is 131 cm³/mol. The van der Waals surface area contributed by atoms with Gasteiger partial charge in [-0.25, -0.2) is 9.78 Å². The minimum Gasteiger partial charge on any atom is -0.497 e. The first-order chi connectivity index (χ1) is 16.1. The van der Waals surface area contributed by atoms with Crippen LogP contribution in [0.5, 0.6) is 5.75 Å². The van der Waals surface area contributed by atoms with E-state index in [2.05, 4.69) is 15.6 Å². The van der Waals surface area contributed by atoms with Crippen molar-refractivity contribution < 1.29 is 14.3 Å². The maximum absolute atomic E-state index is 13.0. The number of urea groups is 1. The number of nitrogens with zero attached hydrogens (tertiary/aromatic N) is 2. The van der Waals surface area contributed by atoms with Gasteiger partial charge in [0.2, 0.25) is 0 Å². The highest BCUT2D eigenvalue weighted by atomic mass is 32.1.